The van der Waals surface area contributed by atoms with Crippen molar-refractivity contribution in [1.29, 1.82) is 0 Å². The molecule has 0 unspecified atom stereocenters. The standard InChI is InChI=1S/C21H14F6/c22-20(23,24)17-10-4-8-15(12-17)19(14-6-2-1-3-7-14)16-9-5-11-18(13-16)21(25,26)27/h1-13,19H. The van der Waals surface area contributed by atoms with Crippen molar-refractivity contribution in [3.63, 3.8) is 0 Å². The SMILES string of the molecule is FC(F)(F)c1cccc(C(c2ccccc2)c2cccc(C(F)(F)F)c2)c1. The predicted octanol–water partition coefficient (Wildman–Crippen LogP) is 6.90. The minimum Gasteiger partial charge on any atom is -0.166 e. The maximum absolute atomic E-state index is 13.1. The molecule has 0 saturated carbocycles. The van der Waals surface area contributed by atoms with Gasteiger partial charge in [0.15, 0.2) is 0 Å². The molecule has 0 heterocycles. The highest BCUT2D eigenvalue weighted by atomic mass is 19.4. The van der Waals surface area contributed by atoms with E-state index in [2.05, 4.69) is 0 Å². The Bertz CT molecular complexity index is 852. The van der Waals surface area contributed by atoms with E-state index in [0.29, 0.717) is 5.56 Å². The van der Waals surface area contributed by atoms with E-state index in [1.165, 1.54) is 24.3 Å². The van der Waals surface area contributed by atoms with E-state index < -0.39 is 29.4 Å². The van der Waals surface area contributed by atoms with Gasteiger partial charge in [-0.25, -0.2) is 0 Å². The summed E-state index contributed by atoms with van der Waals surface area (Å²) in [5, 5.41) is 0. The van der Waals surface area contributed by atoms with Crippen LogP contribution >= 0.6 is 0 Å². The second-order valence-electron chi connectivity index (χ2n) is 6.09. The molecule has 0 spiro atoms. The van der Waals surface area contributed by atoms with Crippen LogP contribution in [0.15, 0.2) is 78.9 Å². The van der Waals surface area contributed by atoms with Crippen molar-refractivity contribution in [2.24, 2.45) is 0 Å². The Morgan fingerprint density at radius 3 is 1.30 bits per heavy atom. The number of hydrogen-bond acceptors (Lipinski definition) is 0. The zero-order valence-electron chi connectivity index (χ0n) is 13.9. The third-order valence-corrected chi connectivity index (χ3v) is 4.23. The molecule has 140 valence electrons. The summed E-state index contributed by atoms with van der Waals surface area (Å²) in [5.41, 5.74) is -0.525. The van der Waals surface area contributed by atoms with E-state index in [1.54, 1.807) is 30.3 Å². The molecule has 3 aromatic carbocycles. The zero-order valence-corrected chi connectivity index (χ0v) is 13.9. The Kier molecular flexibility index (Phi) is 5.00. The summed E-state index contributed by atoms with van der Waals surface area (Å²) >= 11 is 0. The summed E-state index contributed by atoms with van der Waals surface area (Å²) in [4.78, 5) is 0. The van der Waals surface area contributed by atoms with Crippen molar-refractivity contribution >= 4 is 0 Å². The summed E-state index contributed by atoms with van der Waals surface area (Å²) in [6.07, 6.45) is -9.07. The van der Waals surface area contributed by atoms with Crippen LogP contribution in [0.5, 0.6) is 0 Å². The first-order valence-electron chi connectivity index (χ1n) is 8.05. The van der Waals surface area contributed by atoms with E-state index in [4.69, 9.17) is 0 Å². The maximum atomic E-state index is 13.1. The first-order chi connectivity index (χ1) is 12.7. The number of alkyl halides is 6. The van der Waals surface area contributed by atoms with Crippen molar-refractivity contribution in [3.8, 4) is 0 Å². The molecule has 27 heavy (non-hydrogen) atoms. The third-order valence-electron chi connectivity index (χ3n) is 4.23. The van der Waals surface area contributed by atoms with Gasteiger partial charge in [0, 0.05) is 5.92 Å². The van der Waals surface area contributed by atoms with Gasteiger partial charge in [0.1, 0.15) is 0 Å². The van der Waals surface area contributed by atoms with Crippen LogP contribution in [-0.2, 0) is 12.4 Å². The molecule has 0 saturated heterocycles. The summed E-state index contributed by atoms with van der Waals surface area (Å²) in [6, 6.07) is 17.9. The van der Waals surface area contributed by atoms with E-state index in [9.17, 15) is 26.3 Å². The molecule has 0 amide bonds. The Balaban J connectivity index is 2.17. The van der Waals surface area contributed by atoms with Gasteiger partial charge in [-0.05, 0) is 28.8 Å². The molecule has 0 fully saturated rings. The highest BCUT2D eigenvalue weighted by molar-refractivity contribution is 5.45. The van der Waals surface area contributed by atoms with Crippen LogP contribution in [0.4, 0.5) is 26.3 Å². The number of rotatable bonds is 3. The monoisotopic (exact) mass is 380 g/mol. The van der Waals surface area contributed by atoms with Gasteiger partial charge in [-0.1, -0.05) is 66.7 Å². The van der Waals surface area contributed by atoms with Crippen LogP contribution in [0.2, 0.25) is 0 Å². The van der Waals surface area contributed by atoms with Crippen molar-refractivity contribution in [2.45, 2.75) is 18.3 Å². The lowest BCUT2D eigenvalue weighted by molar-refractivity contribution is -0.138. The zero-order chi connectivity index (χ0) is 19.7. The Morgan fingerprint density at radius 2 is 0.889 bits per heavy atom. The molecule has 0 aliphatic carbocycles. The Morgan fingerprint density at radius 1 is 0.481 bits per heavy atom. The van der Waals surface area contributed by atoms with Crippen LogP contribution in [0.3, 0.4) is 0 Å². The van der Waals surface area contributed by atoms with Crippen LogP contribution in [0.25, 0.3) is 0 Å². The van der Waals surface area contributed by atoms with E-state index in [1.807, 2.05) is 0 Å². The average Bonchev–Trinajstić information content (AvgIpc) is 2.62. The van der Waals surface area contributed by atoms with Crippen molar-refractivity contribution in [3.05, 3.63) is 107 Å². The van der Waals surface area contributed by atoms with Crippen LogP contribution in [-0.4, -0.2) is 0 Å². The molecule has 0 radical (unpaired) electrons. The number of halogens is 6. The lowest BCUT2D eigenvalue weighted by Gasteiger charge is -2.21. The fourth-order valence-electron chi connectivity index (χ4n) is 3.01. The topological polar surface area (TPSA) is 0 Å². The summed E-state index contributed by atoms with van der Waals surface area (Å²) in [5.74, 6) is -0.754. The van der Waals surface area contributed by atoms with Gasteiger partial charge in [-0.2, -0.15) is 26.3 Å². The molecule has 3 rings (SSSR count). The third kappa shape index (κ3) is 4.32. The number of hydrogen-bond donors (Lipinski definition) is 0. The molecular weight excluding hydrogens is 366 g/mol. The van der Waals surface area contributed by atoms with Crippen LogP contribution < -0.4 is 0 Å². The lowest BCUT2D eigenvalue weighted by atomic mass is 9.84. The van der Waals surface area contributed by atoms with Gasteiger partial charge in [0.25, 0.3) is 0 Å². The van der Waals surface area contributed by atoms with Crippen molar-refractivity contribution in [1.82, 2.24) is 0 Å². The van der Waals surface area contributed by atoms with Crippen LogP contribution in [0.1, 0.15) is 33.7 Å². The Labute approximate surface area is 152 Å². The van der Waals surface area contributed by atoms with Gasteiger partial charge in [0.2, 0.25) is 0 Å². The van der Waals surface area contributed by atoms with Gasteiger partial charge >= 0.3 is 12.4 Å². The number of benzene rings is 3. The molecule has 0 aliphatic rings. The smallest absolute Gasteiger partial charge is 0.166 e. The summed E-state index contributed by atoms with van der Waals surface area (Å²) in [6.45, 7) is 0. The van der Waals surface area contributed by atoms with E-state index >= 15 is 0 Å². The van der Waals surface area contributed by atoms with Gasteiger partial charge < -0.3 is 0 Å². The van der Waals surface area contributed by atoms with Gasteiger partial charge in [-0.15, -0.1) is 0 Å². The predicted molar refractivity (Wildman–Crippen MR) is 90.3 cm³/mol. The lowest BCUT2D eigenvalue weighted by Crippen LogP contribution is -2.10. The van der Waals surface area contributed by atoms with Crippen molar-refractivity contribution in [2.75, 3.05) is 0 Å². The van der Waals surface area contributed by atoms with Crippen LogP contribution in [0, 0.1) is 0 Å². The molecule has 3 aromatic rings. The first-order valence-corrected chi connectivity index (χ1v) is 8.05. The average molecular weight is 380 g/mol. The largest absolute Gasteiger partial charge is 0.416 e. The fourth-order valence-corrected chi connectivity index (χ4v) is 3.01. The fraction of sp³-hybridized carbons (Fsp3) is 0.143. The molecule has 0 atom stereocenters. The van der Waals surface area contributed by atoms with E-state index in [0.717, 1.165) is 24.3 Å². The quantitative estimate of drug-likeness (QED) is 0.342. The van der Waals surface area contributed by atoms with Crippen molar-refractivity contribution < 1.29 is 26.3 Å². The molecule has 6 heteroatoms. The molecule has 0 nitrogen and oxygen atoms in total. The maximum Gasteiger partial charge on any atom is 0.416 e. The minimum absolute atomic E-state index is 0.273. The molecule has 0 aliphatic heterocycles. The second kappa shape index (κ2) is 7.10. The van der Waals surface area contributed by atoms with E-state index in [-0.39, 0.29) is 11.1 Å². The van der Waals surface area contributed by atoms with Gasteiger partial charge in [0.05, 0.1) is 11.1 Å². The Hall–Kier alpha value is -2.76. The highest BCUT2D eigenvalue weighted by Gasteiger charge is 2.33. The molecular formula is C21H14F6. The minimum atomic E-state index is -4.54. The highest BCUT2D eigenvalue weighted by Crippen LogP contribution is 2.38. The summed E-state index contributed by atoms with van der Waals surface area (Å²) in [7, 11) is 0. The molecule has 0 N–H and O–H groups in total. The molecule has 0 aromatic heterocycles. The first kappa shape index (κ1) is 19.0. The molecule has 0 bridgehead atoms. The normalized spacial score (nSPS) is 12.4. The van der Waals surface area contributed by atoms with Gasteiger partial charge in [-0.3, -0.25) is 0 Å². The second-order valence-corrected chi connectivity index (χ2v) is 6.09. The summed E-state index contributed by atoms with van der Waals surface area (Å²) < 4.78 is 78.6.